The van der Waals surface area contributed by atoms with Crippen LogP contribution in [0.15, 0.2) is 24.3 Å². The van der Waals surface area contributed by atoms with Gasteiger partial charge in [0.25, 0.3) is 0 Å². The van der Waals surface area contributed by atoms with Crippen LogP contribution in [0.5, 0.6) is 0 Å². The topological polar surface area (TPSA) is 95.9 Å². The standard InChI is InChI=1S/C14H15FN2O5/c15-9-2-1-3-10(6-9)17-8-11(22-14(17)21)7-16-12(18)4-5-13(19)20/h1-3,6,11H,4-5,7-8H2,(H,16,18)(H,19,20)/t11-/m0/s1. The van der Waals surface area contributed by atoms with Crippen molar-refractivity contribution in [1.29, 1.82) is 0 Å². The normalized spacial score (nSPS) is 17.2. The number of carbonyl (C=O) groups excluding carboxylic acids is 2. The number of benzene rings is 1. The lowest BCUT2D eigenvalue weighted by Crippen LogP contribution is -2.34. The lowest BCUT2D eigenvalue weighted by Gasteiger charge is -2.13. The first kappa shape index (κ1) is 15.7. The number of nitrogens with one attached hydrogen (secondary N) is 1. The van der Waals surface area contributed by atoms with Gasteiger partial charge in [-0.3, -0.25) is 14.5 Å². The highest BCUT2D eigenvalue weighted by molar-refractivity contribution is 5.89. The fourth-order valence-electron chi connectivity index (χ4n) is 2.02. The molecule has 1 aliphatic heterocycles. The van der Waals surface area contributed by atoms with Gasteiger partial charge in [0.15, 0.2) is 0 Å². The van der Waals surface area contributed by atoms with Crippen molar-refractivity contribution in [3.8, 4) is 0 Å². The van der Waals surface area contributed by atoms with Gasteiger partial charge in [-0.25, -0.2) is 9.18 Å². The lowest BCUT2D eigenvalue weighted by molar-refractivity contribution is -0.138. The Morgan fingerprint density at radius 3 is 2.86 bits per heavy atom. The summed E-state index contributed by atoms with van der Waals surface area (Å²) >= 11 is 0. The van der Waals surface area contributed by atoms with E-state index in [1.54, 1.807) is 6.07 Å². The summed E-state index contributed by atoms with van der Waals surface area (Å²) in [6.07, 6.45) is -1.57. The molecule has 1 heterocycles. The third-order valence-electron chi connectivity index (χ3n) is 3.09. The Morgan fingerprint density at radius 2 is 2.18 bits per heavy atom. The molecule has 0 bridgehead atoms. The van der Waals surface area contributed by atoms with Gasteiger partial charge in [0, 0.05) is 6.42 Å². The number of carboxylic acid groups (broad SMARTS) is 1. The van der Waals surface area contributed by atoms with Crippen molar-refractivity contribution in [3.63, 3.8) is 0 Å². The van der Waals surface area contributed by atoms with Gasteiger partial charge in [-0.2, -0.15) is 0 Å². The maximum absolute atomic E-state index is 13.2. The molecule has 0 saturated carbocycles. The molecule has 0 spiro atoms. The summed E-state index contributed by atoms with van der Waals surface area (Å²) in [5.41, 5.74) is 0.379. The first-order valence-corrected chi connectivity index (χ1v) is 6.68. The van der Waals surface area contributed by atoms with Crippen LogP contribution in [0.4, 0.5) is 14.9 Å². The summed E-state index contributed by atoms with van der Waals surface area (Å²) in [5.74, 6) is -1.95. The highest BCUT2D eigenvalue weighted by Crippen LogP contribution is 2.21. The number of ether oxygens (including phenoxy) is 1. The predicted octanol–water partition coefficient (Wildman–Crippen LogP) is 1.13. The number of cyclic esters (lactones) is 1. The number of anilines is 1. The average Bonchev–Trinajstić information content (AvgIpc) is 2.84. The zero-order valence-electron chi connectivity index (χ0n) is 11.6. The molecule has 0 aliphatic carbocycles. The Bertz CT molecular complexity index is 592. The molecule has 0 aromatic heterocycles. The average molecular weight is 310 g/mol. The lowest BCUT2D eigenvalue weighted by atomic mass is 10.2. The monoisotopic (exact) mass is 310 g/mol. The Hall–Kier alpha value is -2.64. The quantitative estimate of drug-likeness (QED) is 0.821. The molecule has 1 aliphatic rings. The van der Waals surface area contributed by atoms with Crippen LogP contribution in [0.25, 0.3) is 0 Å². The highest BCUT2D eigenvalue weighted by Gasteiger charge is 2.32. The molecule has 2 N–H and O–H groups in total. The molecule has 0 radical (unpaired) electrons. The first-order valence-electron chi connectivity index (χ1n) is 6.68. The van der Waals surface area contributed by atoms with Crippen molar-refractivity contribution in [2.24, 2.45) is 0 Å². The summed E-state index contributed by atoms with van der Waals surface area (Å²) < 4.78 is 18.2. The van der Waals surface area contributed by atoms with Crippen molar-refractivity contribution in [2.75, 3.05) is 18.0 Å². The number of amides is 2. The number of hydrogen-bond donors (Lipinski definition) is 2. The van der Waals surface area contributed by atoms with E-state index in [1.165, 1.54) is 23.1 Å². The fourth-order valence-corrected chi connectivity index (χ4v) is 2.02. The number of carboxylic acids is 1. The molecule has 1 fully saturated rings. The van der Waals surface area contributed by atoms with Crippen LogP contribution in [-0.4, -0.2) is 42.3 Å². The van der Waals surface area contributed by atoms with Gasteiger partial charge < -0.3 is 15.2 Å². The van der Waals surface area contributed by atoms with E-state index in [0.717, 1.165) is 0 Å². The molecule has 118 valence electrons. The molecular formula is C14H15FN2O5. The van der Waals surface area contributed by atoms with Crippen LogP contribution >= 0.6 is 0 Å². The third-order valence-corrected chi connectivity index (χ3v) is 3.09. The molecule has 8 heteroatoms. The zero-order valence-corrected chi connectivity index (χ0v) is 11.6. The highest BCUT2D eigenvalue weighted by atomic mass is 19.1. The Morgan fingerprint density at radius 1 is 1.41 bits per heavy atom. The zero-order chi connectivity index (χ0) is 16.1. The van der Waals surface area contributed by atoms with Gasteiger partial charge in [0.1, 0.15) is 11.9 Å². The van der Waals surface area contributed by atoms with Gasteiger partial charge >= 0.3 is 12.1 Å². The number of aliphatic carboxylic acids is 1. The van der Waals surface area contributed by atoms with E-state index in [9.17, 15) is 18.8 Å². The van der Waals surface area contributed by atoms with Crippen LogP contribution < -0.4 is 10.2 Å². The number of halogens is 1. The summed E-state index contributed by atoms with van der Waals surface area (Å²) in [7, 11) is 0. The summed E-state index contributed by atoms with van der Waals surface area (Å²) in [6, 6.07) is 5.55. The van der Waals surface area contributed by atoms with Crippen molar-refractivity contribution >= 4 is 23.7 Å². The minimum Gasteiger partial charge on any atom is -0.481 e. The molecule has 1 saturated heterocycles. The van der Waals surface area contributed by atoms with Crippen LogP contribution in [0.2, 0.25) is 0 Å². The van der Waals surface area contributed by atoms with E-state index in [1.807, 2.05) is 0 Å². The second-order valence-corrected chi connectivity index (χ2v) is 4.79. The smallest absolute Gasteiger partial charge is 0.414 e. The molecule has 1 atom stereocenters. The largest absolute Gasteiger partial charge is 0.481 e. The van der Waals surface area contributed by atoms with Crippen molar-refractivity contribution in [3.05, 3.63) is 30.1 Å². The second-order valence-electron chi connectivity index (χ2n) is 4.79. The minimum absolute atomic E-state index is 0.0794. The second kappa shape index (κ2) is 6.88. The van der Waals surface area contributed by atoms with Gasteiger partial charge in [0.2, 0.25) is 5.91 Å². The minimum atomic E-state index is -1.06. The molecule has 1 aromatic rings. The van der Waals surface area contributed by atoms with E-state index in [2.05, 4.69) is 5.32 Å². The van der Waals surface area contributed by atoms with Crippen molar-refractivity contribution in [1.82, 2.24) is 5.32 Å². The molecule has 2 rings (SSSR count). The van der Waals surface area contributed by atoms with Gasteiger partial charge in [-0.15, -0.1) is 0 Å². The fraction of sp³-hybridized carbons (Fsp3) is 0.357. The molecule has 1 aromatic carbocycles. The maximum Gasteiger partial charge on any atom is 0.414 e. The van der Waals surface area contributed by atoms with E-state index >= 15 is 0 Å². The van der Waals surface area contributed by atoms with Crippen LogP contribution in [-0.2, 0) is 14.3 Å². The number of nitrogens with zero attached hydrogens (tertiary/aromatic N) is 1. The van der Waals surface area contributed by atoms with Gasteiger partial charge in [-0.05, 0) is 18.2 Å². The van der Waals surface area contributed by atoms with Crippen LogP contribution in [0.1, 0.15) is 12.8 Å². The van der Waals surface area contributed by atoms with Crippen LogP contribution in [0, 0.1) is 5.82 Å². The first-order chi connectivity index (χ1) is 10.5. The Labute approximate surface area is 125 Å². The third kappa shape index (κ3) is 4.18. The van der Waals surface area contributed by atoms with E-state index in [0.29, 0.717) is 5.69 Å². The summed E-state index contributed by atoms with van der Waals surface area (Å²) in [4.78, 5) is 34.8. The Balaban J connectivity index is 1.85. The van der Waals surface area contributed by atoms with E-state index in [4.69, 9.17) is 9.84 Å². The SMILES string of the molecule is O=C(O)CCC(=O)NC[C@H]1CN(c2cccc(F)c2)C(=O)O1. The van der Waals surface area contributed by atoms with E-state index in [-0.39, 0.29) is 25.9 Å². The number of rotatable bonds is 6. The molecule has 22 heavy (non-hydrogen) atoms. The number of hydrogen-bond acceptors (Lipinski definition) is 4. The maximum atomic E-state index is 13.2. The predicted molar refractivity (Wildman–Crippen MR) is 73.9 cm³/mol. The Kier molecular flexibility index (Phi) is 4.92. The molecule has 0 unspecified atom stereocenters. The molecule has 7 nitrogen and oxygen atoms in total. The van der Waals surface area contributed by atoms with Gasteiger partial charge in [-0.1, -0.05) is 6.07 Å². The van der Waals surface area contributed by atoms with Crippen molar-refractivity contribution < 1.29 is 28.6 Å². The molecule has 2 amide bonds. The van der Waals surface area contributed by atoms with Crippen LogP contribution in [0.3, 0.4) is 0 Å². The summed E-state index contributed by atoms with van der Waals surface area (Å²) in [6.45, 7) is 0.261. The van der Waals surface area contributed by atoms with Crippen molar-refractivity contribution in [2.45, 2.75) is 18.9 Å². The van der Waals surface area contributed by atoms with E-state index < -0.39 is 29.9 Å². The van der Waals surface area contributed by atoms with Gasteiger partial charge in [0.05, 0.1) is 25.2 Å². The molecular weight excluding hydrogens is 295 g/mol. The number of carbonyl (C=O) groups is 3. The summed E-state index contributed by atoms with van der Waals surface area (Å²) in [5, 5.41) is 11.0.